The van der Waals surface area contributed by atoms with E-state index in [1.165, 1.54) is 17.2 Å². The van der Waals surface area contributed by atoms with Crippen molar-refractivity contribution >= 4 is 24.6 Å². The van der Waals surface area contributed by atoms with Crippen molar-refractivity contribution in [3.8, 4) is 0 Å². The van der Waals surface area contributed by atoms with E-state index in [1.54, 1.807) is 6.92 Å². The third-order valence-corrected chi connectivity index (χ3v) is 3.53. The molecule has 0 saturated heterocycles. The molecule has 2 aromatic heterocycles. The average Bonchev–Trinajstić information content (AvgIpc) is 2.86. The van der Waals surface area contributed by atoms with E-state index in [2.05, 4.69) is 15.0 Å². The molecule has 116 valence electrons. The van der Waals surface area contributed by atoms with Crippen LogP contribution in [0.25, 0.3) is 11.2 Å². The minimum atomic E-state index is -4.44. The van der Waals surface area contributed by atoms with Crippen LogP contribution in [0.2, 0.25) is 0 Å². The van der Waals surface area contributed by atoms with Crippen molar-refractivity contribution in [2.45, 2.75) is 19.1 Å². The summed E-state index contributed by atoms with van der Waals surface area (Å²) >= 11 is 0. The van der Waals surface area contributed by atoms with Gasteiger partial charge in [-0.3, -0.25) is 9.13 Å². The first-order chi connectivity index (χ1) is 9.83. The lowest BCUT2D eigenvalue weighted by Gasteiger charge is -2.31. The van der Waals surface area contributed by atoms with E-state index in [1.807, 2.05) is 0 Å². The second-order valence-electron chi connectivity index (χ2n) is 4.42. The number of nitrogens with two attached hydrogens (primary N) is 1. The number of nitrogens with zero attached hydrogens (tertiary/aromatic N) is 4. The summed E-state index contributed by atoms with van der Waals surface area (Å²) in [5, 5.41) is 0. The van der Waals surface area contributed by atoms with Crippen LogP contribution in [0.1, 0.15) is 13.3 Å². The first kappa shape index (κ1) is 15.8. The highest BCUT2D eigenvalue weighted by molar-refractivity contribution is 7.51. The summed E-state index contributed by atoms with van der Waals surface area (Å²) in [5.74, 6) is 0.123. The molecule has 0 fully saturated rings. The number of rotatable bonds is 6. The second-order valence-corrected chi connectivity index (χ2v) is 6.00. The van der Waals surface area contributed by atoms with Gasteiger partial charge in [0.05, 0.1) is 6.33 Å². The molecule has 1 unspecified atom stereocenters. The fourth-order valence-electron chi connectivity index (χ4n) is 1.89. The first-order valence-electron chi connectivity index (χ1n) is 6.01. The summed E-state index contributed by atoms with van der Waals surface area (Å²) in [6.45, 7) is 0.606. The van der Waals surface area contributed by atoms with Gasteiger partial charge in [0.15, 0.2) is 23.5 Å². The van der Waals surface area contributed by atoms with Gasteiger partial charge in [0, 0.05) is 0 Å². The van der Waals surface area contributed by atoms with Gasteiger partial charge in [-0.25, -0.2) is 19.3 Å². The van der Waals surface area contributed by atoms with Crippen LogP contribution in [0, 0.1) is 0 Å². The van der Waals surface area contributed by atoms with Crippen LogP contribution >= 0.6 is 7.60 Å². The number of ether oxygens (including phenoxy) is 1. The van der Waals surface area contributed by atoms with Gasteiger partial charge in [0.2, 0.25) is 0 Å². The minimum absolute atomic E-state index is 0.110. The van der Waals surface area contributed by atoms with Crippen molar-refractivity contribution in [3.05, 3.63) is 12.7 Å². The Kier molecular flexibility index (Phi) is 4.24. The highest BCUT2D eigenvalue weighted by atomic mass is 31.2. The van der Waals surface area contributed by atoms with Crippen LogP contribution in [-0.2, 0) is 15.0 Å². The Hall–Kier alpha value is -1.61. The number of aromatic nitrogens is 4. The minimum Gasteiger partial charge on any atom is -0.382 e. The Morgan fingerprint density at radius 2 is 2.19 bits per heavy atom. The Balaban J connectivity index is 2.50. The summed E-state index contributed by atoms with van der Waals surface area (Å²) < 4.78 is 31.0. The monoisotopic (exact) mass is 319 g/mol. The van der Waals surface area contributed by atoms with E-state index in [0.29, 0.717) is 0 Å². The molecule has 11 heteroatoms. The van der Waals surface area contributed by atoms with Gasteiger partial charge in [-0.15, -0.1) is 0 Å². The third-order valence-electron chi connectivity index (χ3n) is 3.06. The van der Waals surface area contributed by atoms with Crippen molar-refractivity contribution in [2.24, 2.45) is 0 Å². The molecule has 0 radical (unpaired) electrons. The normalized spacial score (nSPS) is 15.2. The summed E-state index contributed by atoms with van der Waals surface area (Å²) in [7, 11) is -4.44. The SMILES string of the molecule is CCC(CF)(OCP(=O)(O)O)n1cnc2c(N)ncnc21. The molecule has 0 amide bonds. The van der Waals surface area contributed by atoms with Gasteiger partial charge in [0.1, 0.15) is 18.5 Å². The van der Waals surface area contributed by atoms with Gasteiger partial charge < -0.3 is 20.3 Å². The summed E-state index contributed by atoms with van der Waals surface area (Å²) in [6, 6.07) is 0. The number of nitrogen functional groups attached to an aromatic ring is 1. The molecule has 4 N–H and O–H groups in total. The average molecular weight is 319 g/mol. The molecule has 0 bridgehead atoms. The molecule has 0 aliphatic rings. The lowest BCUT2D eigenvalue weighted by atomic mass is 10.2. The van der Waals surface area contributed by atoms with Gasteiger partial charge in [-0.2, -0.15) is 0 Å². The number of halogens is 1. The molecule has 1 atom stereocenters. The number of imidazole rings is 1. The molecule has 0 aliphatic carbocycles. The van der Waals surface area contributed by atoms with E-state index in [9.17, 15) is 8.96 Å². The highest BCUT2D eigenvalue weighted by Crippen LogP contribution is 2.38. The number of fused-ring (bicyclic) bond motifs is 1. The molecule has 9 nitrogen and oxygen atoms in total. The summed E-state index contributed by atoms with van der Waals surface area (Å²) in [5.41, 5.74) is 4.54. The van der Waals surface area contributed by atoms with Crippen LogP contribution in [0.15, 0.2) is 12.7 Å². The van der Waals surface area contributed by atoms with E-state index in [0.717, 1.165) is 0 Å². The Labute approximate surface area is 119 Å². The van der Waals surface area contributed by atoms with Crippen molar-refractivity contribution in [1.29, 1.82) is 0 Å². The standard InChI is InChI=1S/C10H15FN5O4P/c1-2-10(3-11,20-6-21(17,18)19)16-5-15-7-8(12)13-4-14-9(7)16/h4-5H,2-3,6H2,1H3,(H2,12,13,14)(H2,17,18,19). The van der Waals surface area contributed by atoms with Gasteiger partial charge >= 0.3 is 7.60 Å². The molecule has 2 rings (SSSR count). The van der Waals surface area contributed by atoms with Crippen LogP contribution in [0.4, 0.5) is 10.2 Å². The Morgan fingerprint density at radius 3 is 2.76 bits per heavy atom. The molecular formula is C10H15FN5O4P. The zero-order valence-electron chi connectivity index (χ0n) is 11.2. The largest absolute Gasteiger partial charge is 0.382 e. The molecule has 0 aliphatic heterocycles. The lowest BCUT2D eigenvalue weighted by molar-refractivity contribution is -0.108. The van der Waals surface area contributed by atoms with Gasteiger partial charge in [-0.05, 0) is 6.42 Å². The maximum Gasteiger partial charge on any atom is 0.351 e. The van der Waals surface area contributed by atoms with Gasteiger partial charge in [-0.1, -0.05) is 6.92 Å². The first-order valence-corrected chi connectivity index (χ1v) is 7.81. The van der Waals surface area contributed by atoms with E-state index < -0.39 is 26.3 Å². The molecule has 0 saturated carbocycles. The topological polar surface area (TPSA) is 136 Å². The lowest BCUT2D eigenvalue weighted by Crippen LogP contribution is -2.38. The van der Waals surface area contributed by atoms with E-state index in [-0.39, 0.29) is 23.4 Å². The maximum absolute atomic E-state index is 13.6. The molecular weight excluding hydrogens is 304 g/mol. The third kappa shape index (κ3) is 3.03. The predicted molar refractivity (Wildman–Crippen MR) is 72.0 cm³/mol. The number of alkyl halides is 1. The number of hydrogen-bond donors (Lipinski definition) is 3. The quantitative estimate of drug-likeness (QED) is 0.658. The van der Waals surface area contributed by atoms with Crippen LogP contribution < -0.4 is 5.73 Å². The molecule has 0 aromatic carbocycles. The van der Waals surface area contributed by atoms with Crippen molar-refractivity contribution in [1.82, 2.24) is 19.5 Å². The second kappa shape index (κ2) is 5.64. The number of hydrogen-bond acceptors (Lipinski definition) is 6. The van der Waals surface area contributed by atoms with Gasteiger partial charge in [0.25, 0.3) is 0 Å². The number of anilines is 1. The van der Waals surface area contributed by atoms with E-state index >= 15 is 0 Å². The van der Waals surface area contributed by atoms with Crippen LogP contribution in [0.3, 0.4) is 0 Å². The smallest absolute Gasteiger partial charge is 0.351 e. The maximum atomic E-state index is 13.6. The molecule has 21 heavy (non-hydrogen) atoms. The fraction of sp³-hybridized carbons (Fsp3) is 0.500. The Bertz CT molecular complexity index is 683. The molecule has 0 spiro atoms. The predicted octanol–water partition coefficient (Wildman–Crippen LogP) is 0.593. The fourth-order valence-corrected chi connectivity index (χ4v) is 2.30. The molecule has 2 heterocycles. The zero-order valence-corrected chi connectivity index (χ0v) is 12.1. The van der Waals surface area contributed by atoms with E-state index in [4.69, 9.17) is 20.3 Å². The highest BCUT2D eigenvalue weighted by Gasteiger charge is 2.36. The van der Waals surface area contributed by atoms with Crippen molar-refractivity contribution in [3.63, 3.8) is 0 Å². The van der Waals surface area contributed by atoms with Crippen LogP contribution in [0.5, 0.6) is 0 Å². The van der Waals surface area contributed by atoms with Crippen LogP contribution in [-0.4, -0.2) is 42.3 Å². The van der Waals surface area contributed by atoms with Crippen molar-refractivity contribution in [2.75, 3.05) is 18.8 Å². The molecule has 2 aromatic rings. The summed E-state index contributed by atoms with van der Waals surface area (Å²) in [4.78, 5) is 29.6. The zero-order chi connectivity index (χ0) is 15.7. The summed E-state index contributed by atoms with van der Waals surface area (Å²) in [6.07, 6.45) is 1.65. The Morgan fingerprint density at radius 1 is 1.48 bits per heavy atom. The van der Waals surface area contributed by atoms with Crippen molar-refractivity contribution < 1.29 is 23.5 Å².